The van der Waals surface area contributed by atoms with Crippen molar-refractivity contribution >= 4 is 29.1 Å². The Hall–Kier alpha value is -3.24. The second-order valence-corrected chi connectivity index (χ2v) is 6.30. The molecular formula is C18H21F3N6O2. The zero-order valence-corrected chi connectivity index (χ0v) is 15.7. The zero-order valence-electron chi connectivity index (χ0n) is 15.7. The van der Waals surface area contributed by atoms with E-state index in [4.69, 9.17) is 10.5 Å². The molecule has 0 spiro atoms. The highest BCUT2D eigenvalue weighted by Crippen LogP contribution is 2.37. The maximum Gasteiger partial charge on any atom is 0.418 e. The maximum absolute atomic E-state index is 13.2. The lowest BCUT2D eigenvalue weighted by molar-refractivity contribution is -0.136. The van der Waals surface area contributed by atoms with Crippen molar-refractivity contribution in [2.75, 3.05) is 48.7 Å². The lowest BCUT2D eigenvalue weighted by atomic mass is 10.1. The highest BCUT2D eigenvalue weighted by molar-refractivity contribution is 5.79. The first-order valence-electron chi connectivity index (χ1n) is 9.01. The fourth-order valence-corrected chi connectivity index (χ4v) is 3.02. The van der Waals surface area contributed by atoms with Gasteiger partial charge in [0, 0.05) is 26.2 Å². The summed E-state index contributed by atoms with van der Waals surface area (Å²) < 4.78 is 44.7. The highest BCUT2D eigenvalue weighted by Gasteiger charge is 2.33. The molecule has 1 amide bonds. The fraction of sp³-hybridized carbons (Fsp3) is 0.389. The minimum absolute atomic E-state index is 0.0829. The van der Waals surface area contributed by atoms with Crippen LogP contribution in [0.25, 0.3) is 0 Å². The van der Waals surface area contributed by atoms with Crippen LogP contribution in [0.4, 0.5) is 41.0 Å². The monoisotopic (exact) mass is 410 g/mol. The lowest BCUT2D eigenvalue weighted by Crippen LogP contribution is -2.49. The summed E-state index contributed by atoms with van der Waals surface area (Å²) in [7, 11) is 0. The number of nitrogens with zero attached hydrogens (tertiary/aromatic N) is 4. The van der Waals surface area contributed by atoms with E-state index >= 15 is 0 Å². The van der Waals surface area contributed by atoms with Crippen molar-refractivity contribution < 1.29 is 22.7 Å². The summed E-state index contributed by atoms with van der Waals surface area (Å²) in [6.45, 7) is 3.79. The average molecular weight is 410 g/mol. The Kier molecular flexibility index (Phi) is 5.95. The minimum atomic E-state index is -4.52. The molecule has 0 bridgehead atoms. The predicted molar refractivity (Wildman–Crippen MR) is 102 cm³/mol. The number of carbonyl (C=O) groups is 1. The summed E-state index contributed by atoms with van der Waals surface area (Å²) >= 11 is 0. The van der Waals surface area contributed by atoms with Crippen molar-refractivity contribution in [1.29, 1.82) is 0 Å². The molecule has 0 aliphatic carbocycles. The maximum atomic E-state index is 13.2. The number of para-hydroxylation sites is 1. The molecule has 156 valence electrons. The van der Waals surface area contributed by atoms with Crippen molar-refractivity contribution in [1.82, 2.24) is 14.9 Å². The molecule has 8 nitrogen and oxygen atoms in total. The molecule has 0 radical (unpaired) electrons. The van der Waals surface area contributed by atoms with E-state index < -0.39 is 11.7 Å². The van der Waals surface area contributed by atoms with Gasteiger partial charge in [0.25, 0.3) is 0 Å². The summed E-state index contributed by atoms with van der Waals surface area (Å²) in [6, 6.07) is 5.09. The van der Waals surface area contributed by atoms with Crippen LogP contribution in [-0.4, -0.2) is 53.7 Å². The van der Waals surface area contributed by atoms with E-state index in [0.29, 0.717) is 38.6 Å². The lowest BCUT2D eigenvalue weighted by Gasteiger charge is -2.35. The Labute approximate surface area is 165 Å². The number of nitrogen functional groups attached to an aromatic ring is 1. The van der Waals surface area contributed by atoms with Gasteiger partial charge in [0.05, 0.1) is 17.9 Å². The number of amides is 1. The average Bonchev–Trinajstić information content (AvgIpc) is 2.69. The molecule has 1 aromatic heterocycles. The molecule has 1 fully saturated rings. The summed E-state index contributed by atoms with van der Waals surface area (Å²) in [5.41, 5.74) is 5.31. The molecular weight excluding hydrogens is 389 g/mol. The van der Waals surface area contributed by atoms with Gasteiger partial charge in [0.1, 0.15) is 12.0 Å². The number of carbonyl (C=O) groups excluding carboxylic acids is 1. The van der Waals surface area contributed by atoms with Crippen LogP contribution in [0.3, 0.4) is 0 Å². The topological polar surface area (TPSA) is 96.6 Å². The Morgan fingerprint density at radius 3 is 2.55 bits per heavy atom. The van der Waals surface area contributed by atoms with E-state index in [9.17, 15) is 18.0 Å². The number of nitrogens with two attached hydrogens (primary N) is 1. The number of hydrogen-bond donors (Lipinski definition) is 2. The fourth-order valence-electron chi connectivity index (χ4n) is 3.02. The molecule has 3 N–H and O–H groups in total. The third kappa shape index (κ3) is 4.61. The number of benzene rings is 1. The van der Waals surface area contributed by atoms with Crippen molar-refractivity contribution in [3.63, 3.8) is 0 Å². The van der Waals surface area contributed by atoms with E-state index in [1.807, 2.05) is 4.90 Å². The number of rotatable bonds is 4. The van der Waals surface area contributed by atoms with E-state index in [1.165, 1.54) is 24.5 Å². The minimum Gasteiger partial charge on any atom is -0.450 e. The van der Waals surface area contributed by atoms with Crippen LogP contribution in [-0.2, 0) is 10.9 Å². The number of alkyl halides is 3. The molecule has 0 unspecified atom stereocenters. The van der Waals surface area contributed by atoms with Crippen molar-refractivity contribution in [2.45, 2.75) is 13.1 Å². The van der Waals surface area contributed by atoms with E-state index in [2.05, 4.69) is 15.3 Å². The van der Waals surface area contributed by atoms with Crippen molar-refractivity contribution in [3.8, 4) is 0 Å². The first-order valence-corrected chi connectivity index (χ1v) is 9.01. The van der Waals surface area contributed by atoms with Crippen molar-refractivity contribution in [2.24, 2.45) is 0 Å². The van der Waals surface area contributed by atoms with Gasteiger partial charge >= 0.3 is 12.3 Å². The van der Waals surface area contributed by atoms with Crippen LogP contribution in [0.1, 0.15) is 12.5 Å². The smallest absolute Gasteiger partial charge is 0.418 e. The van der Waals surface area contributed by atoms with Gasteiger partial charge in [-0.05, 0) is 19.1 Å². The molecule has 1 saturated heterocycles. The third-order valence-electron chi connectivity index (χ3n) is 4.45. The van der Waals surface area contributed by atoms with Crippen LogP contribution < -0.4 is 16.0 Å². The number of anilines is 4. The van der Waals surface area contributed by atoms with Crippen LogP contribution >= 0.6 is 0 Å². The number of piperazine rings is 1. The number of nitrogens with one attached hydrogen (secondary N) is 1. The molecule has 0 saturated carbocycles. The van der Waals surface area contributed by atoms with Gasteiger partial charge in [-0.25, -0.2) is 14.8 Å². The van der Waals surface area contributed by atoms with Gasteiger partial charge in [0.2, 0.25) is 0 Å². The number of halogens is 3. The van der Waals surface area contributed by atoms with Crippen molar-refractivity contribution in [3.05, 3.63) is 36.2 Å². The molecule has 0 atom stereocenters. The van der Waals surface area contributed by atoms with Gasteiger partial charge in [0.15, 0.2) is 11.6 Å². The number of aromatic nitrogens is 2. The third-order valence-corrected chi connectivity index (χ3v) is 4.45. The van der Waals surface area contributed by atoms with E-state index in [-0.39, 0.29) is 23.3 Å². The second kappa shape index (κ2) is 8.41. The number of ether oxygens (including phenoxy) is 1. The Morgan fingerprint density at radius 1 is 1.21 bits per heavy atom. The molecule has 2 aromatic rings. The zero-order chi connectivity index (χ0) is 21.0. The standard InChI is InChI=1S/C18H21F3N6O2/c1-2-29-17(28)27-9-7-26(8-10-27)16-14(22)15(23-11-24-16)25-13-6-4-3-5-12(13)18(19,20)21/h3-6,11H,2,7-10,22H2,1H3,(H,23,24,25). The van der Waals surface area contributed by atoms with Crippen LogP contribution in [0, 0.1) is 0 Å². The normalized spacial score (nSPS) is 14.6. The molecule has 11 heteroatoms. The Bertz CT molecular complexity index is 869. The largest absolute Gasteiger partial charge is 0.450 e. The molecule has 29 heavy (non-hydrogen) atoms. The second-order valence-electron chi connectivity index (χ2n) is 6.30. The predicted octanol–water partition coefficient (Wildman–Crippen LogP) is 3.10. The van der Waals surface area contributed by atoms with Gasteiger partial charge in [-0.2, -0.15) is 13.2 Å². The van der Waals surface area contributed by atoms with Crippen LogP contribution in [0.5, 0.6) is 0 Å². The Balaban J connectivity index is 1.77. The van der Waals surface area contributed by atoms with E-state index in [1.54, 1.807) is 11.8 Å². The highest BCUT2D eigenvalue weighted by atomic mass is 19.4. The Morgan fingerprint density at radius 2 is 1.90 bits per heavy atom. The molecule has 1 aromatic carbocycles. The van der Waals surface area contributed by atoms with Gasteiger partial charge < -0.3 is 25.6 Å². The quantitative estimate of drug-likeness (QED) is 0.799. The SMILES string of the molecule is CCOC(=O)N1CCN(c2ncnc(Nc3ccccc3C(F)(F)F)c2N)CC1. The summed E-state index contributed by atoms with van der Waals surface area (Å²) in [4.78, 5) is 23.4. The van der Waals surface area contributed by atoms with Gasteiger partial charge in [-0.3, -0.25) is 0 Å². The first-order chi connectivity index (χ1) is 13.8. The molecule has 1 aliphatic rings. The van der Waals surface area contributed by atoms with E-state index in [0.717, 1.165) is 6.07 Å². The summed E-state index contributed by atoms with van der Waals surface area (Å²) in [5.74, 6) is 0.482. The first kappa shape index (κ1) is 20.5. The molecule has 2 heterocycles. The molecule has 1 aliphatic heterocycles. The van der Waals surface area contributed by atoms with Gasteiger partial charge in [-0.1, -0.05) is 12.1 Å². The van der Waals surface area contributed by atoms with Crippen LogP contribution in [0.15, 0.2) is 30.6 Å². The van der Waals surface area contributed by atoms with Gasteiger partial charge in [-0.15, -0.1) is 0 Å². The summed E-state index contributed by atoms with van der Waals surface area (Å²) in [5, 5.41) is 2.66. The molecule has 3 rings (SSSR count). The summed E-state index contributed by atoms with van der Waals surface area (Å²) in [6.07, 6.45) is -3.66. The van der Waals surface area contributed by atoms with Crippen LogP contribution in [0.2, 0.25) is 0 Å². The number of hydrogen-bond acceptors (Lipinski definition) is 7.